The van der Waals surface area contributed by atoms with E-state index in [4.69, 9.17) is 16.6 Å². The molecule has 9 heteroatoms. The molecule has 0 radical (unpaired) electrons. The summed E-state index contributed by atoms with van der Waals surface area (Å²) in [5.41, 5.74) is 3.69. The van der Waals surface area contributed by atoms with Crippen LogP contribution in [0.3, 0.4) is 0 Å². The van der Waals surface area contributed by atoms with Gasteiger partial charge in [-0.3, -0.25) is 15.0 Å². The Balaban J connectivity index is 1.35. The van der Waals surface area contributed by atoms with Gasteiger partial charge in [0, 0.05) is 51.3 Å². The number of nitrogens with one attached hydrogen (secondary N) is 1. The second kappa shape index (κ2) is 9.27. The lowest BCUT2D eigenvalue weighted by molar-refractivity contribution is -0.127. The Hall–Kier alpha value is -3.10. The summed E-state index contributed by atoms with van der Waals surface area (Å²) in [7, 11) is 1.69. The molecule has 2 saturated heterocycles. The number of amides is 3. The van der Waals surface area contributed by atoms with Crippen molar-refractivity contribution in [2.24, 2.45) is 4.99 Å². The molecular weight excluding hydrogens is 452 g/mol. The van der Waals surface area contributed by atoms with Gasteiger partial charge in [0.15, 0.2) is 18.2 Å². The molecule has 0 aromatic heterocycles. The summed E-state index contributed by atoms with van der Waals surface area (Å²) in [5.74, 6) is 0.469. The average Bonchev–Trinajstić information content (AvgIpc) is 3.21. The molecule has 3 heterocycles. The highest BCUT2D eigenvalue weighted by molar-refractivity contribution is 6.30. The van der Waals surface area contributed by atoms with Gasteiger partial charge in [0.1, 0.15) is 0 Å². The van der Waals surface area contributed by atoms with Crippen LogP contribution in [0.4, 0.5) is 4.79 Å². The van der Waals surface area contributed by atoms with Crippen molar-refractivity contribution < 1.29 is 9.59 Å². The molecule has 2 aromatic carbocycles. The average molecular weight is 481 g/mol. The number of guanidine groups is 1. The van der Waals surface area contributed by atoms with Crippen molar-refractivity contribution in [1.29, 1.82) is 0 Å². The first-order chi connectivity index (χ1) is 16.4. The Kier molecular flexibility index (Phi) is 6.18. The molecule has 1 N–H and O–H groups in total. The van der Waals surface area contributed by atoms with Crippen LogP contribution in [-0.2, 0) is 17.9 Å². The number of carbonyl (C=O) groups is 2. The van der Waals surface area contributed by atoms with Crippen molar-refractivity contribution in [3.63, 3.8) is 0 Å². The summed E-state index contributed by atoms with van der Waals surface area (Å²) in [6.45, 7) is 7.00. The van der Waals surface area contributed by atoms with Crippen molar-refractivity contribution in [3.05, 3.63) is 70.2 Å². The Morgan fingerprint density at radius 2 is 1.71 bits per heavy atom. The van der Waals surface area contributed by atoms with Gasteiger partial charge in [-0.1, -0.05) is 48.0 Å². The maximum absolute atomic E-state index is 12.9. The molecule has 34 heavy (non-hydrogen) atoms. The predicted molar refractivity (Wildman–Crippen MR) is 131 cm³/mol. The zero-order valence-electron chi connectivity index (χ0n) is 19.4. The molecule has 3 aliphatic heterocycles. The third-order valence-electron chi connectivity index (χ3n) is 6.92. The summed E-state index contributed by atoms with van der Waals surface area (Å²) in [6, 6.07) is 15.2. The second-order valence-corrected chi connectivity index (χ2v) is 9.57. The van der Waals surface area contributed by atoms with Crippen molar-refractivity contribution in [3.8, 4) is 0 Å². The number of urea groups is 1. The fourth-order valence-electron chi connectivity index (χ4n) is 4.86. The summed E-state index contributed by atoms with van der Waals surface area (Å²) >= 11 is 6.07. The lowest BCUT2D eigenvalue weighted by Gasteiger charge is -2.40. The molecule has 8 nitrogen and oxygen atoms in total. The quantitative estimate of drug-likeness (QED) is 0.728. The fraction of sp³-hybridized carbons (Fsp3) is 0.400. The van der Waals surface area contributed by atoms with Crippen LogP contribution in [0.1, 0.15) is 16.7 Å². The molecule has 2 aromatic rings. The van der Waals surface area contributed by atoms with Crippen LogP contribution < -0.4 is 5.32 Å². The van der Waals surface area contributed by atoms with Gasteiger partial charge in [-0.25, -0.2) is 9.79 Å². The minimum absolute atomic E-state index is 0.306. The predicted octanol–water partition coefficient (Wildman–Crippen LogP) is 2.51. The first kappa shape index (κ1) is 22.7. The normalized spacial score (nSPS) is 23.1. The number of rotatable bonds is 4. The number of aryl methyl sites for hydroxylation is 1. The summed E-state index contributed by atoms with van der Waals surface area (Å²) < 4.78 is 0. The van der Waals surface area contributed by atoms with E-state index in [1.807, 2.05) is 29.2 Å². The van der Waals surface area contributed by atoms with E-state index < -0.39 is 18.2 Å². The molecule has 0 bridgehead atoms. The summed E-state index contributed by atoms with van der Waals surface area (Å²) in [4.78, 5) is 38.3. The number of hydrogen-bond donors (Lipinski definition) is 1. The van der Waals surface area contributed by atoms with E-state index in [-0.39, 0.29) is 5.91 Å². The number of carbonyl (C=O) groups excluding carboxylic acids is 2. The highest BCUT2D eigenvalue weighted by Gasteiger charge is 2.49. The minimum atomic E-state index is -0.557. The number of benzene rings is 2. The van der Waals surface area contributed by atoms with Gasteiger partial charge in [0.25, 0.3) is 5.91 Å². The van der Waals surface area contributed by atoms with Gasteiger partial charge in [-0.15, -0.1) is 0 Å². The van der Waals surface area contributed by atoms with Crippen molar-refractivity contribution in [2.75, 3.05) is 33.2 Å². The monoisotopic (exact) mass is 480 g/mol. The molecule has 0 spiro atoms. The largest absolute Gasteiger partial charge is 0.340 e. The standard InChI is InChI=1S/C25H29ClN6O2/c1-17-5-3-4-6-19(17)16-30-11-13-31(14-12-30)24-27-22-21(23(33)28-25(34)29(22)2)32(24)15-18-7-9-20(26)10-8-18/h3-10,21-22H,11-16H2,1-2H3,(H,28,33,34). The van der Waals surface area contributed by atoms with Gasteiger partial charge in [0.05, 0.1) is 0 Å². The molecule has 0 aliphatic carbocycles. The number of nitrogens with zero attached hydrogens (tertiary/aromatic N) is 5. The van der Waals surface area contributed by atoms with E-state index in [0.717, 1.165) is 44.2 Å². The first-order valence-corrected chi connectivity index (χ1v) is 12.0. The molecule has 5 rings (SSSR count). The van der Waals surface area contributed by atoms with Crippen molar-refractivity contribution in [2.45, 2.75) is 32.2 Å². The Morgan fingerprint density at radius 3 is 2.41 bits per heavy atom. The fourth-order valence-corrected chi connectivity index (χ4v) is 4.99. The number of hydrogen-bond acceptors (Lipinski definition) is 6. The van der Waals surface area contributed by atoms with Crippen LogP contribution in [0.5, 0.6) is 0 Å². The second-order valence-electron chi connectivity index (χ2n) is 9.14. The van der Waals surface area contributed by atoms with Crippen LogP contribution in [0.25, 0.3) is 0 Å². The van der Waals surface area contributed by atoms with E-state index in [9.17, 15) is 9.59 Å². The highest BCUT2D eigenvalue weighted by atomic mass is 35.5. The topological polar surface area (TPSA) is 71.5 Å². The number of likely N-dealkylation sites (N-methyl/N-ethyl adjacent to an activating group) is 1. The SMILES string of the molecule is Cc1ccccc1CN1CCN(C2=NC3C(C(=O)NC(=O)N3C)N2Cc2ccc(Cl)cc2)CC1. The maximum Gasteiger partial charge on any atom is 0.325 e. The first-order valence-electron chi connectivity index (χ1n) is 11.6. The molecule has 2 fully saturated rings. The number of aliphatic imine (C=N–C) groups is 1. The van der Waals surface area contributed by atoms with Crippen LogP contribution in [-0.4, -0.2) is 82.9 Å². The molecule has 3 amide bonds. The van der Waals surface area contributed by atoms with Crippen LogP contribution in [0.15, 0.2) is 53.5 Å². The molecular formula is C25H29ClN6O2. The van der Waals surface area contributed by atoms with Crippen molar-refractivity contribution >= 4 is 29.5 Å². The Morgan fingerprint density at radius 1 is 1.00 bits per heavy atom. The molecule has 2 unspecified atom stereocenters. The molecule has 3 aliphatic rings. The maximum atomic E-state index is 12.9. The zero-order chi connectivity index (χ0) is 23.8. The van der Waals surface area contributed by atoms with E-state index in [1.54, 1.807) is 7.05 Å². The number of fused-ring (bicyclic) bond motifs is 1. The van der Waals surface area contributed by atoms with Gasteiger partial charge in [0.2, 0.25) is 0 Å². The zero-order valence-corrected chi connectivity index (χ0v) is 20.2. The summed E-state index contributed by atoms with van der Waals surface area (Å²) in [5, 5.41) is 3.14. The van der Waals surface area contributed by atoms with Crippen LogP contribution in [0.2, 0.25) is 5.02 Å². The third-order valence-corrected chi connectivity index (χ3v) is 7.17. The van der Waals surface area contributed by atoms with E-state index in [1.165, 1.54) is 16.0 Å². The highest BCUT2D eigenvalue weighted by Crippen LogP contribution is 2.28. The van der Waals surface area contributed by atoms with Gasteiger partial charge in [-0.2, -0.15) is 0 Å². The molecule has 178 valence electrons. The van der Waals surface area contributed by atoms with Crippen LogP contribution in [0, 0.1) is 6.92 Å². The van der Waals surface area contributed by atoms with Crippen molar-refractivity contribution in [1.82, 2.24) is 24.9 Å². The number of imide groups is 1. The third kappa shape index (κ3) is 4.35. The molecule has 2 atom stereocenters. The van der Waals surface area contributed by atoms with E-state index >= 15 is 0 Å². The lowest BCUT2D eigenvalue weighted by atomic mass is 10.1. The van der Waals surface area contributed by atoms with E-state index in [2.05, 4.69) is 46.3 Å². The van der Waals surface area contributed by atoms with Gasteiger partial charge < -0.3 is 14.7 Å². The van der Waals surface area contributed by atoms with Gasteiger partial charge in [-0.05, 0) is 35.7 Å². The van der Waals surface area contributed by atoms with Gasteiger partial charge >= 0.3 is 6.03 Å². The summed E-state index contributed by atoms with van der Waals surface area (Å²) in [6.07, 6.45) is -0.534. The lowest BCUT2D eigenvalue weighted by Crippen LogP contribution is -2.64. The molecule has 0 saturated carbocycles. The smallest absolute Gasteiger partial charge is 0.325 e. The number of piperazine rings is 1. The van der Waals surface area contributed by atoms with Crippen LogP contribution >= 0.6 is 11.6 Å². The minimum Gasteiger partial charge on any atom is -0.340 e. The number of halogens is 1. The van der Waals surface area contributed by atoms with E-state index in [0.29, 0.717) is 11.6 Å². The Bertz CT molecular complexity index is 1110. The Labute approximate surface area is 204 Å².